The summed E-state index contributed by atoms with van der Waals surface area (Å²) in [7, 11) is 0. The van der Waals surface area contributed by atoms with Gasteiger partial charge in [0.1, 0.15) is 0 Å². The molecule has 0 atom stereocenters. The van der Waals surface area contributed by atoms with Crippen molar-refractivity contribution in [2.45, 2.75) is 6.18 Å². The van der Waals surface area contributed by atoms with Crippen LogP contribution >= 0.6 is 27.7 Å². The summed E-state index contributed by atoms with van der Waals surface area (Å²) in [5.74, 6) is -0.121. The summed E-state index contributed by atoms with van der Waals surface area (Å²) < 4.78 is 37.5. The predicted molar refractivity (Wildman–Crippen MR) is 61.9 cm³/mol. The lowest BCUT2D eigenvalue weighted by Crippen LogP contribution is -2.09. The molecule has 0 amide bonds. The molecular formula is C10H8BrF3OS. The molecule has 1 aromatic rings. The quantitative estimate of drug-likeness (QED) is 0.784. The molecule has 0 aromatic heterocycles. The van der Waals surface area contributed by atoms with Crippen LogP contribution in [0.1, 0.15) is 15.9 Å². The Morgan fingerprint density at radius 2 is 2.06 bits per heavy atom. The Balaban J connectivity index is 3.13. The molecule has 0 aliphatic heterocycles. The standard InChI is InChI=1S/C10H8BrF3OS/c1-16-5-9(15)6-2-3-8(11)7(4-6)10(12,13)14/h2-4H,5H2,1H3. The molecular weight excluding hydrogens is 305 g/mol. The topological polar surface area (TPSA) is 17.1 Å². The highest BCUT2D eigenvalue weighted by molar-refractivity contribution is 9.10. The maximum absolute atomic E-state index is 12.5. The first kappa shape index (κ1) is 13.6. The molecule has 0 radical (unpaired) electrons. The van der Waals surface area contributed by atoms with Crippen molar-refractivity contribution in [1.82, 2.24) is 0 Å². The highest BCUT2D eigenvalue weighted by atomic mass is 79.9. The largest absolute Gasteiger partial charge is 0.417 e. The maximum atomic E-state index is 12.5. The Morgan fingerprint density at radius 3 is 2.56 bits per heavy atom. The van der Waals surface area contributed by atoms with Gasteiger partial charge in [-0.05, 0) is 18.4 Å². The van der Waals surface area contributed by atoms with Gasteiger partial charge in [-0.3, -0.25) is 4.79 Å². The number of thioether (sulfide) groups is 1. The lowest BCUT2D eigenvalue weighted by atomic mass is 10.1. The third-order valence-corrected chi connectivity index (χ3v) is 3.11. The smallest absolute Gasteiger partial charge is 0.293 e. The number of rotatable bonds is 3. The molecule has 0 bridgehead atoms. The Morgan fingerprint density at radius 1 is 1.44 bits per heavy atom. The van der Waals surface area contributed by atoms with Crippen molar-refractivity contribution in [3.63, 3.8) is 0 Å². The van der Waals surface area contributed by atoms with Gasteiger partial charge in [0.25, 0.3) is 0 Å². The van der Waals surface area contributed by atoms with E-state index in [0.717, 1.165) is 6.07 Å². The first-order chi connectivity index (χ1) is 7.36. The molecule has 0 unspecified atom stereocenters. The number of alkyl halides is 3. The van der Waals surface area contributed by atoms with Gasteiger partial charge in [0.15, 0.2) is 5.78 Å². The zero-order valence-corrected chi connectivity index (χ0v) is 10.7. The van der Waals surface area contributed by atoms with Gasteiger partial charge in [0, 0.05) is 10.0 Å². The molecule has 0 aliphatic rings. The monoisotopic (exact) mass is 312 g/mol. The van der Waals surface area contributed by atoms with Gasteiger partial charge in [-0.15, -0.1) is 0 Å². The number of benzene rings is 1. The molecule has 88 valence electrons. The molecule has 0 saturated carbocycles. The fourth-order valence-corrected chi connectivity index (χ4v) is 2.03. The van der Waals surface area contributed by atoms with Gasteiger partial charge in [-0.1, -0.05) is 22.0 Å². The van der Waals surface area contributed by atoms with Crippen molar-refractivity contribution < 1.29 is 18.0 Å². The second-order valence-corrected chi connectivity index (χ2v) is 4.77. The summed E-state index contributed by atoms with van der Waals surface area (Å²) in [4.78, 5) is 11.4. The van der Waals surface area contributed by atoms with Crippen LogP contribution in [0.2, 0.25) is 0 Å². The number of halogens is 4. The maximum Gasteiger partial charge on any atom is 0.417 e. The average molecular weight is 313 g/mol. The average Bonchev–Trinajstić information content (AvgIpc) is 2.16. The third-order valence-electron chi connectivity index (χ3n) is 1.87. The van der Waals surface area contributed by atoms with Crippen LogP contribution in [0, 0.1) is 0 Å². The van der Waals surface area contributed by atoms with Gasteiger partial charge >= 0.3 is 6.18 Å². The van der Waals surface area contributed by atoms with Crippen molar-refractivity contribution in [1.29, 1.82) is 0 Å². The van der Waals surface area contributed by atoms with Crippen LogP contribution in [0.4, 0.5) is 13.2 Å². The van der Waals surface area contributed by atoms with E-state index in [0.29, 0.717) is 0 Å². The van der Waals surface area contributed by atoms with Gasteiger partial charge in [0.05, 0.1) is 11.3 Å². The first-order valence-electron chi connectivity index (χ1n) is 4.25. The van der Waals surface area contributed by atoms with Crippen LogP contribution in [-0.4, -0.2) is 17.8 Å². The van der Waals surface area contributed by atoms with E-state index in [-0.39, 0.29) is 21.6 Å². The van der Waals surface area contributed by atoms with Crippen LogP contribution < -0.4 is 0 Å². The summed E-state index contributed by atoms with van der Waals surface area (Å²) in [5.41, 5.74) is -0.732. The lowest BCUT2D eigenvalue weighted by molar-refractivity contribution is -0.138. The summed E-state index contributed by atoms with van der Waals surface area (Å²) in [5, 5.41) is 0. The second kappa shape index (κ2) is 5.23. The number of ketones is 1. The number of Topliss-reactive ketones (excluding diaryl/α,β-unsaturated/α-hetero) is 1. The van der Waals surface area contributed by atoms with E-state index in [2.05, 4.69) is 15.9 Å². The van der Waals surface area contributed by atoms with Gasteiger partial charge in [0.2, 0.25) is 0 Å². The Labute approximate surface area is 104 Å². The number of carbonyl (C=O) groups is 1. The highest BCUT2D eigenvalue weighted by Crippen LogP contribution is 2.35. The molecule has 1 aromatic carbocycles. The SMILES string of the molecule is CSCC(=O)c1ccc(Br)c(C(F)(F)F)c1. The van der Waals surface area contributed by atoms with E-state index in [1.54, 1.807) is 6.26 Å². The molecule has 16 heavy (non-hydrogen) atoms. The van der Waals surface area contributed by atoms with Crippen molar-refractivity contribution >= 4 is 33.5 Å². The minimum absolute atomic E-state index is 0.0549. The van der Waals surface area contributed by atoms with Gasteiger partial charge in [-0.25, -0.2) is 0 Å². The normalized spacial score (nSPS) is 11.6. The van der Waals surface area contributed by atoms with E-state index in [1.165, 1.54) is 23.9 Å². The van der Waals surface area contributed by atoms with Crippen LogP contribution in [0.3, 0.4) is 0 Å². The minimum Gasteiger partial charge on any atom is -0.293 e. The highest BCUT2D eigenvalue weighted by Gasteiger charge is 2.33. The molecule has 0 spiro atoms. The fourth-order valence-electron chi connectivity index (χ4n) is 1.13. The molecule has 0 aliphatic carbocycles. The summed E-state index contributed by atoms with van der Waals surface area (Å²) in [6, 6.07) is 3.51. The second-order valence-electron chi connectivity index (χ2n) is 3.05. The summed E-state index contributed by atoms with van der Waals surface area (Å²) in [6.07, 6.45) is -2.73. The zero-order valence-electron chi connectivity index (χ0n) is 8.27. The predicted octanol–water partition coefficient (Wildman–Crippen LogP) is 4.01. The molecule has 6 heteroatoms. The van der Waals surface area contributed by atoms with Crippen LogP contribution in [0.15, 0.2) is 22.7 Å². The van der Waals surface area contributed by atoms with Crippen molar-refractivity contribution in [3.05, 3.63) is 33.8 Å². The number of hydrogen-bond donors (Lipinski definition) is 0. The molecule has 0 N–H and O–H groups in total. The molecule has 0 saturated heterocycles. The van der Waals surface area contributed by atoms with Crippen molar-refractivity contribution in [2.75, 3.05) is 12.0 Å². The molecule has 1 rings (SSSR count). The third kappa shape index (κ3) is 3.25. The van der Waals surface area contributed by atoms with Crippen LogP contribution in [-0.2, 0) is 6.18 Å². The van der Waals surface area contributed by atoms with E-state index in [9.17, 15) is 18.0 Å². The Bertz CT molecular complexity index is 404. The zero-order chi connectivity index (χ0) is 12.3. The van der Waals surface area contributed by atoms with E-state index in [1.807, 2.05) is 0 Å². The van der Waals surface area contributed by atoms with E-state index < -0.39 is 11.7 Å². The van der Waals surface area contributed by atoms with Gasteiger partial charge in [-0.2, -0.15) is 24.9 Å². The van der Waals surface area contributed by atoms with Crippen LogP contribution in [0.25, 0.3) is 0 Å². The van der Waals surface area contributed by atoms with Crippen molar-refractivity contribution in [3.8, 4) is 0 Å². The van der Waals surface area contributed by atoms with E-state index in [4.69, 9.17) is 0 Å². The van der Waals surface area contributed by atoms with E-state index >= 15 is 0 Å². The van der Waals surface area contributed by atoms with Crippen LogP contribution in [0.5, 0.6) is 0 Å². The first-order valence-corrected chi connectivity index (χ1v) is 6.44. The van der Waals surface area contributed by atoms with Crippen molar-refractivity contribution in [2.24, 2.45) is 0 Å². The molecule has 0 heterocycles. The van der Waals surface area contributed by atoms with Gasteiger partial charge < -0.3 is 0 Å². The lowest BCUT2D eigenvalue weighted by Gasteiger charge is -2.10. The molecule has 1 nitrogen and oxygen atoms in total. The Kier molecular flexibility index (Phi) is 4.43. The Hall–Kier alpha value is -0.490. The molecule has 0 fully saturated rings. The fraction of sp³-hybridized carbons (Fsp3) is 0.300. The number of hydrogen-bond acceptors (Lipinski definition) is 2. The number of carbonyl (C=O) groups excluding carboxylic acids is 1. The minimum atomic E-state index is -4.45. The summed E-state index contributed by atoms with van der Waals surface area (Å²) >= 11 is 4.10. The summed E-state index contributed by atoms with van der Waals surface area (Å²) in [6.45, 7) is 0.